The fourth-order valence-corrected chi connectivity index (χ4v) is 1.36. The summed E-state index contributed by atoms with van der Waals surface area (Å²) in [5.41, 5.74) is 0.877. The highest BCUT2D eigenvalue weighted by atomic mass is 35.5. The molecule has 2 rings (SSSR count). The first-order valence-corrected chi connectivity index (χ1v) is 5.50. The molecule has 0 radical (unpaired) electrons. The predicted molar refractivity (Wildman–Crippen MR) is 67.9 cm³/mol. The Morgan fingerprint density at radius 3 is 2.72 bits per heavy atom. The van der Waals surface area contributed by atoms with Crippen LogP contribution in [-0.4, -0.2) is 26.1 Å². The number of tetrazole rings is 1. The molecule has 0 atom stereocenters. The number of carbonyl (C=O) groups excluding carboxylic acids is 1. The molecule has 92 valence electrons. The van der Waals surface area contributed by atoms with Gasteiger partial charge in [0, 0.05) is 11.1 Å². The van der Waals surface area contributed by atoms with Crippen LogP contribution in [0.5, 0.6) is 0 Å². The van der Waals surface area contributed by atoms with Gasteiger partial charge in [0.2, 0.25) is 0 Å². The number of rotatable bonds is 3. The van der Waals surface area contributed by atoms with Crippen molar-refractivity contribution < 1.29 is 4.79 Å². The zero-order valence-electron chi connectivity index (χ0n) is 9.54. The van der Waals surface area contributed by atoms with Gasteiger partial charge in [0.05, 0.1) is 7.05 Å². The zero-order chi connectivity index (χ0) is 13.0. The minimum Gasteiger partial charge on any atom is -0.288 e. The van der Waals surface area contributed by atoms with Crippen LogP contribution < -0.4 is 5.32 Å². The number of amides is 1. The normalized spacial score (nSPS) is 10.8. The van der Waals surface area contributed by atoms with Gasteiger partial charge in [0.25, 0.3) is 11.9 Å². The number of benzene rings is 1. The summed E-state index contributed by atoms with van der Waals surface area (Å²) < 4.78 is 0. The van der Waals surface area contributed by atoms with Gasteiger partial charge in [-0.15, -0.1) is 5.10 Å². The van der Waals surface area contributed by atoms with Crippen molar-refractivity contribution in [2.45, 2.75) is 0 Å². The fourth-order valence-electron chi connectivity index (χ4n) is 1.23. The van der Waals surface area contributed by atoms with E-state index in [9.17, 15) is 4.79 Å². The quantitative estimate of drug-likeness (QED) is 0.852. The Morgan fingerprint density at radius 1 is 1.39 bits per heavy atom. The second-order valence-corrected chi connectivity index (χ2v) is 3.91. The smallest absolute Gasteiger partial charge is 0.270 e. The molecular formula is C11H10ClN5O. The second-order valence-electron chi connectivity index (χ2n) is 3.48. The highest BCUT2D eigenvalue weighted by Gasteiger charge is 2.02. The molecule has 2 aromatic rings. The van der Waals surface area contributed by atoms with Crippen LogP contribution in [0.25, 0.3) is 6.08 Å². The Morgan fingerprint density at radius 2 is 2.11 bits per heavy atom. The SMILES string of the molecule is Cn1nnc(NC(=O)C=Cc2ccc(Cl)cc2)n1. The van der Waals surface area contributed by atoms with Crippen molar-refractivity contribution in [2.75, 3.05) is 5.32 Å². The summed E-state index contributed by atoms with van der Waals surface area (Å²) in [7, 11) is 1.62. The van der Waals surface area contributed by atoms with Crippen molar-refractivity contribution in [3.05, 3.63) is 40.9 Å². The molecule has 0 aliphatic heterocycles. The van der Waals surface area contributed by atoms with Gasteiger partial charge in [-0.3, -0.25) is 10.1 Å². The van der Waals surface area contributed by atoms with Crippen LogP contribution in [0.4, 0.5) is 5.95 Å². The van der Waals surface area contributed by atoms with Crippen LogP contribution in [0.2, 0.25) is 5.02 Å². The summed E-state index contributed by atoms with van der Waals surface area (Å²) in [6.45, 7) is 0. The molecule has 1 aromatic carbocycles. The van der Waals surface area contributed by atoms with Crippen LogP contribution in [0.3, 0.4) is 0 Å². The third-order valence-corrected chi connectivity index (χ3v) is 2.29. The molecule has 0 aliphatic rings. The molecule has 1 aromatic heterocycles. The molecule has 0 fully saturated rings. The molecule has 18 heavy (non-hydrogen) atoms. The van der Waals surface area contributed by atoms with E-state index < -0.39 is 0 Å². The van der Waals surface area contributed by atoms with Gasteiger partial charge in [-0.1, -0.05) is 28.8 Å². The minimum absolute atomic E-state index is 0.170. The highest BCUT2D eigenvalue weighted by Crippen LogP contribution is 2.10. The number of hydrogen-bond acceptors (Lipinski definition) is 4. The monoisotopic (exact) mass is 263 g/mol. The molecule has 6 nitrogen and oxygen atoms in total. The number of hydrogen-bond donors (Lipinski definition) is 1. The van der Waals surface area contributed by atoms with Crippen molar-refractivity contribution in [2.24, 2.45) is 7.05 Å². The maximum atomic E-state index is 11.5. The van der Waals surface area contributed by atoms with E-state index in [2.05, 4.69) is 20.7 Å². The average molecular weight is 264 g/mol. The van der Waals surface area contributed by atoms with Gasteiger partial charge in [0.15, 0.2) is 0 Å². The summed E-state index contributed by atoms with van der Waals surface area (Å²) in [6, 6.07) is 7.13. The maximum absolute atomic E-state index is 11.5. The molecule has 1 heterocycles. The van der Waals surface area contributed by atoms with E-state index in [1.807, 2.05) is 12.1 Å². The first-order chi connectivity index (χ1) is 8.63. The standard InChI is InChI=1S/C11H10ClN5O/c1-17-15-11(14-16-17)13-10(18)7-4-8-2-5-9(12)6-3-8/h2-7H,1H3,(H,13,15,18). The number of halogens is 1. The topological polar surface area (TPSA) is 72.7 Å². The Labute approximate surface area is 108 Å². The first-order valence-electron chi connectivity index (χ1n) is 5.12. The van der Waals surface area contributed by atoms with Crippen molar-refractivity contribution in [3.8, 4) is 0 Å². The number of anilines is 1. The number of carbonyl (C=O) groups is 1. The Hall–Kier alpha value is -2.21. The minimum atomic E-state index is -0.321. The first kappa shape index (κ1) is 12.3. The fraction of sp³-hybridized carbons (Fsp3) is 0.0909. The maximum Gasteiger partial charge on any atom is 0.270 e. The van der Waals surface area contributed by atoms with E-state index in [-0.39, 0.29) is 11.9 Å². The lowest BCUT2D eigenvalue weighted by Gasteiger charge is -1.95. The molecular weight excluding hydrogens is 254 g/mol. The van der Waals surface area contributed by atoms with Crippen LogP contribution in [0.1, 0.15) is 5.56 Å². The molecule has 1 N–H and O–H groups in total. The van der Waals surface area contributed by atoms with E-state index in [1.54, 1.807) is 25.3 Å². The zero-order valence-corrected chi connectivity index (χ0v) is 10.3. The molecule has 0 bridgehead atoms. The van der Waals surface area contributed by atoms with Gasteiger partial charge >= 0.3 is 0 Å². The van der Waals surface area contributed by atoms with E-state index in [4.69, 9.17) is 11.6 Å². The summed E-state index contributed by atoms with van der Waals surface area (Å²) in [6.07, 6.45) is 3.06. The van der Waals surface area contributed by atoms with Gasteiger partial charge < -0.3 is 0 Å². The predicted octanol–water partition coefficient (Wildman–Crippen LogP) is 1.52. The lowest BCUT2D eigenvalue weighted by atomic mass is 10.2. The average Bonchev–Trinajstić information content (AvgIpc) is 2.74. The largest absolute Gasteiger partial charge is 0.288 e. The van der Waals surface area contributed by atoms with Gasteiger partial charge in [-0.25, -0.2) is 0 Å². The Kier molecular flexibility index (Phi) is 3.69. The molecule has 0 saturated carbocycles. The Bertz CT molecular complexity index is 575. The molecule has 0 aliphatic carbocycles. The van der Waals surface area contributed by atoms with Crippen LogP contribution in [0.15, 0.2) is 30.3 Å². The van der Waals surface area contributed by atoms with E-state index in [1.165, 1.54) is 10.9 Å². The van der Waals surface area contributed by atoms with Gasteiger partial charge in [-0.05, 0) is 29.0 Å². The van der Waals surface area contributed by atoms with Crippen molar-refractivity contribution in [1.29, 1.82) is 0 Å². The number of nitrogens with zero attached hydrogens (tertiary/aromatic N) is 4. The molecule has 0 unspecified atom stereocenters. The van der Waals surface area contributed by atoms with Crippen molar-refractivity contribution in [3.63, 3.8) is 0 Å². The van der Waals surface area contributed by atoms with Gasteiger partial charge in [0.1, 0.15) is 0 Å². The van der Waals surface area contributed by atoms with E-state index >= 15 is 0 Å². The number of aryl methyl sites for hydroxylation is 1. The van der Waals surface area contributed by atoms with Crippen LogP contribution in [-0.2, 0) is 11.8 Å². The lowest BCUT2D eigenvalue weighted by molar-refractivity contribution is -0.111. The number of aromatic nitrogens is 4. The molecule has 7 heteroatoms. The summed E-state index contributed by atoms with van der Waals surface area (Å²) >= 11 is 5.75. The van der Waals surface area contributed by atoms with Gasteiger partial charge in [-0.2, -0.15) is 4.80 Å². The summed E-state index contributed by atoms with van der Waals surface area (Å²) in [5.74, 6) is -0.152. The molecule has 1 amide bonds. The third-order valence-electron chi connectivity index (χ3n) is 2.04. The Balaban J connectivity index is 1.96. The number of nitrogens with one attached hydrogen (secondary N) is 1. The molecule has 0 spiro atoms. The second kappa shape index (κ2) is 5.42. The van der Waals surface area contributed by atoms with E-state index in [0.29, 0.717) is 5.02 Å². The third kappa shape index (κ3) is 3.39. The summed E-state index contributed by atoms with van der Waals surface area (Å²) in [5, 5.41) is 14.2. The highest BCUT2D eigenvalue weighted by molar-refractivity contribution is 6.30. The molecule has 0 saturated heterocycles. The summed E-state index contributed by atoms with van der Waals surface area (Å²) in [4.78, 5) is 12.8. The van der Waals surface area contributed by atoms with Crippen molar-refractivity contribution >= 4 is 29.5 Å². The lowest BCUT2D eigenvalue weighted by Crippen LogP contribution is -2.09. The van der Waals surface area contributed by atoms with Crippen LogP contribution >= 0.6 is 11.6 Å². The van der Waals surface area contributed by atoms with E-state index in [0.717, 1.165) is 5.56 Å². The van der Waals surface area contributed by atoms with Crippen molar-refractivity contribution in [1.82, 2.24) is 20.2 Å². The van der Waals surface area contributed by atoms with Crippen LogP contribution in [0, 0.1) is 0 Å².